The van der Waals surface area contributed by atoms with Crippen LogP contribution in [0.4, 0.5) is 0 Å². The van der Waals surface area contributed by atoms with Gasteiger partial charge in [0.25, 0.3) is 0 Å². The maximum Gasteiger partial charge on any atom is 0.307 e. The first-order chi connectivity index (χ1) is 7.80. The highest BCUT2D eigenvalue weighted by Gasteiger charge is 2.20. The summed E-state index contributed by atoms with van der Waals surface area (Å²) < 4.78 is 5.70. The molecule has 17 heavy (non-hydrogen) atoms. The van der Waals surface area contributed by atoms with E-state index < -0.39 is 5.97 Å². The number of aliphatic carboxylic acids is 1. The normalized spacial score (nSPS) is 13.2. The van der Waals surface area contributed by atoms with Crippen LogP contribution in [0.5, 0.6) is 5.75 Å². The Hall–Kier alpha value is -1.51. The van der Waals surface area contributed by atoms with Crippen LogP contribution in [0.2, 0.25) is 0 Å². The smallest absolute Gasteiger partial charge is 0.307 e. The van der Waals surface area contributed by atoms with E-state index in [-0.39, 0.29) is 17.9 Å². The second kappa shape index (κ2) is 5.21. The monoisotopic (exact) mass is 236 g/mol. The van der Waals surface area contributed by atoms with Gasteiger partial charge in [0, 0.05) is 0 Å². The Morgan fingerprint density at radius 3 is 2.47 bits per heavy atom. The van der Waals surface area contributed by atoms with Crippen molar-refractivity contribution in [2.45, 2.75) is 45.6 Å². The third-order valence-electron chi connectivity index (χ3n) is 2.49. The summed E-state index contributed by atoms with van der Waals surface area (Å²) in [5.41, 5.74) is 1.08. The maximum atomic E-state index is 10.6. The molecule has 0 amide bonds. The molecule has 0 saturated carbocycles. The summed E-state index contributed by atoms with van der Waals surface area (Å²) in [4.78, 5) is 10.6. The molecule has 1 N–H and O–H groups in total. The SMILES string of the molecule is C[C@H](CC(=O)O)Oc1ccccc1C(C)(C)C. The average molecular weight is 236 g/mol. The molecule has 3 heteroatoms. The molecule has 0 spiro atoms. The third kappa shape index (κ3) is 4.10. The van der Waals surface area contributed by atoms with Crippen molar-refractivity contribution in [3.63, 3.8) is 0 Å². The molecule has 0 unspecified atom stereocenters. The highest BCUT2D eigenvalue weighted by molar-refractivity contribution is 5.67. The molecule has 0 fully saturated rings. The minimum Gasteiger partial charge on any atom is -0.490 e. The minimum atomic E-state index is -0.842. The second-order valence-electron chi connectivity index (χ2n) is 5.27. The van der Waals surface area contributed by atoms with Crippen molar-refractivity contribution in [3.05, 3.63) is 29.8 Å². The van der Waals surface area contributed by atoms with Crippen molar-refractivity contribution in [1.29, 1.82) is 0 Å². The average Bonchev–Trinajstić information content (AvgIpc) is 2.15. The van der Waals surface area contributed by atoms with Crippen LogP contribution in [-0.2, 0) is 10.2 Å². The zero-order valence-electron chi connectivity index (χ0n) is 10.9. The van der Waals surface area contributed by atoms with Gasteiger partial charge < -0.3 is 9.84 Å². The number of rotatable bonds is 4. The summed E-state index contributed by atoms with van der Waals surface area (Å²) in [5.74, 6) is -0.0699. The Labute approximate surface area is 102 Å². The highest BCUT2D eigenvalue weighted by atomic mass is 16.5. The lowest BCUT2D eigenvalue weighted by Gasteiger charge is -2.24. The van der Waals surface area contributed by atoms with Gasteiger partial charge in [-0.3, -0.25) is 4.79 Å². The molecule has 1 rings (SSSR count). The van der Waals surface area contributed by atoms with Crippen LogP contribution in [0, 0.1) is 0 Å². The van der Waals surface area contributed by atoms with E-state index in [1.807, 2.05) is 24.3 Å². The van der Waals surface area contributed by atoms with E-state index in [0.29, 0.717) is 0 Å². The number of carboxylic acid groups (broad SMARTS) is 1. The van der Waals surface area contributed by atoms with E-state index in [9.17, 15) is 4.79 Å². The largest absolute Gasteiger partial charge is 0.490 e. The molecule has 1 atom stereocenters. The van der Waals surface area contributed by atoms with Crippen LogP contribution < -0.4 is 4.74 Å². The summed E-state index contributed by atoms with van der Waals surface area (Å²) in [7, 11) is 0. The molecule has 3 nitrogen and oxygen atoms in total. The standard InChI is InChI=1S/C14H20O3/c1-10(9-13(15)16)17-12-8-6-5-7-11(12)14(2,3)4/h5-8,10H,9H2,1-4H3,(H,15,16)/t10-/m1/s1. The van der Waals surface area contributed by atoms with E-state index >= 15 is 0 Å². The van der Waals surface area contributed by atoms with Crippen molar-refractivity contribution in [1.82, 2.24) is 0 Å². The number of para-hydroxylation sites is 1. The third-order valence-corrected chi connectivity index (χ3v) is 2.49. The van der Waals surface area contributed by atoms with Crippen molar-refractivity contribution < 1.29 is 14.6 Å². The first kappa shape index (κ1) is 13.6. The van der Waals surface area contributed by atoms with Crippen LogP contribution in [0.25, 0.3) is 0 Å². The molecular formula is C14H20O3. The summed E-state index contributed by atoms with van der Waals surface area (Å²) in [6.07, 6.45) is -0.311. The lowest BCUT2D eigenvalue weighted by molar-refractivity contribution is -0.138. The fraction of sp³-hybridized carbons (Fsp3) is 0.500. The molecule has 0 heterocycles. The van der Waals surface area contributed by atoms with Gasteiger partial charge in [0.2, 0.25) is 0 Å². The van der Waals surface area contributed by atoms with Crippen molar-refractivity contribution in [2.75, 3.05) is 0 Å². The summed E-state index contributed by atoms with van der Waals surface area (Å²) in [6, 6.07) is 7.77. The van der Waals surface area contributed by atoms with Crippen molar-refractivity contribution >= 4 is 5.97 Å². The van der Waals surface area contributed by atoms with E-state index in [0.717, 1.165) is 11.3 Å². The summed E-state index contributed by atoms with van der Waals surface area (Å²) in [6.45, 7) is 8.10. The first-order valence-electron chi connectivity index (χ1n) is 5.78. The molecule has 0 aliphatic rings. The predicted octanol–water partition coefficient (Wildman–Crippen LogP) is 3.23. The summed E-state index contributed by atoms with van der Waals surface area (Å²) >= 11 is 0. The lowest BCUT2D eigenvalue weighted by atomic mass is 9.86. The Balaban J connectivity index is 2.87. The van der Waals surface area contributed by atoms with Crippen LogP contribution in [-0.4, -0.2) is 17.2 Å². The van der Waals surface area contributed by atoms with E-state index in [4.69, 9.17) is 9.84 Å². The summed E-state index contributed by atoms with van der Waals surface area (Å²) in [5, 5.41) is 8.71. The fourth-order valence-corrected chi connectivity index (χ4v) is 1.69. The molecule has 0 saturated heterocycles. The Morgan fingerprint density at radius 2 is 1.94 bits per heavy atom. The van der Waals surface area contributed by atoms with E-state index in [1.165, 1.54) is 0 Å². The number of ether oxygens (including phenoxy) is 1. The molecule has 1 aromatic carbocycles. The molecule has 94 valence electrons. The quantitative estimate of drug-likeness (QED) is 0.873. The Bertz CT molecular complexity index is 391. The van der Waals surface area contributed by atoms with Crippen molar-refractivity contribution in [2.24, 2.45) is 0 Å². The number of benzene rings is 1. The van der Waals surface area contributed by atoms with E-state index in [1.54, 1.807) is 6.92 Å². The van der Waals surface area contributed by atoms with Gasteiger partial charge in [-0.1, -0.05) is 39.0 Å². The highest BCUT2D eigenvalue weighted by Crippen LogP contribution is 2.31. The Kier molecular flexibility index (Phi) is 4.16. The van der Waals surface area contributed by atoms with Crippen molar-refractivity contribution in [3.8, 4) is 5.75 Å². The number of carbonyl (C=O) groups is 1. The zero-order valence-corrected chi connectivity index (χ0v) is 10.9. The lowest BCUT2D eigenvalue weighted by Crippen LogP contribution is -2.20. The zero-order chi connectivity index (χ0) is 13.1. The molecule has 0 aromatic heterocycles. The van der Waals surface area contributed by atoms with Crippen LogP contribution in [0.1, 0.15) is 39.7 Å². The Morgan fingerprint density at radius 1 is 1.35 bits per heavy atom. The second-order valence-corrected chi connectivity index (χ2v) is 5.27. The van der Waals surface area contributed by atoms with Crippen LogP contribution in [0.15, 0.2) is 24.3 Å². The molecule has 0 radical (unpaired) electrons. The number of hydrogen-bond acceptors (Lipinski definition) is 2. The first-order valence-corrected chi connectivity index (χ1v) is 5.78. The molecular weight excluding hydrogens is 216 g/mol. The van der Waals surface area contributed by atoms with Gasteiger partial charge >= 0.3 is 5.97 Å². The van der Waals surface area contributed by atoms with Gasteiger partial charge in [-0.2, -0.15) is 0 Å². The van der Waals surface area contributed by atoms with Gasteiger partial charge in [0.1, 0.15) is 11.9 Å². The topological polar surface area (TPSA) is 46.5 Å². The van der Waals surface area contributed by atoms with Crippen LogP contribution >= 0.6 is 0 Å². The number of carboxylic acids is 1. The maximum absolute atomic E-state index is 10.6. The van der Waals surface area contributed by atoms with Crippen LogP contribution in [0.3, 0.4) is 0 Å². The molecule has 1 aromatic rings. The number of hydrogen-bond donors (Lipinski definition) is 1. The fourth-order valence-electron chi connectivity index (χ4n) is 1.69. The van der Waals surface area contributed by atoms with E-state index in [2.05, 4.69) is 20.8 Å². The van der Waals surface area contributed by atoms with Gasteiger partial charge in [0.15, 0.2) is 0 Å². The van der Waals surface area contributed by atoms with Gasteiger partial charge in [-0.25, -0.2) is 0 Å². The molecule has 0 bridgehead atoms. The minimum absolute atomic E-state index is 0.0124. The van der Waals surface area contributed by atoms with Gasteiger partial charge in [-0.15, -0.1) is 0 Å². The molecule has 0 aliphatic heterocycles. The van der Waals surface area contributed by atoms with Gasteiger partial charge in [-0.05, 0) is 24.0 Å². The predicted molar refractivity (Wildman–Crippen MR) is 67.5 cm³/mol. The molecule has 0 aliphatic carbocycles. The van der Waals surface area contributed by atoms with Gasteiger partial charge in [0.05, 0.1) is 6.42 Å².